The minimum absolute atomic E-state index is 0.0201. The number of nitrogens with zero attached hydrogens (tertiary/aromatic N) is 1. The van der Waals surface area contributed by atoms with Crippen LogP contribution in [0.2, 0.25) is 0 Å². The molecule has 1 unspecified atom stereocenters. The maximum atomic E-state index is 12.4. The average molecular weight is 328 g/mol. The van der Waals surface area contributed by atoms with Crippen molar-refractivity contribution in [1.82, 2.24) is 5.32 Å². The van der Waals surface area contributed by atoms with E-state index in [2.05, 4.69) is 5.32 Å². The summed E-state index contributed by atoms with van der Waals surface area (Å²) in [7, 11) is 0. The van der Waals surface area contributed by atoms with Gasteiger partial charge in [-0.25, -0.2) is 0 Å². The summed E-state index contributed by atoms with van der Waals surface area (Å²) in [5.74, 6) is 0.155. The van der Waals surface area contributed by atoms with Crippen molar-refractivity contribution in [3.63, 3.8) is 0 Å². The highest BCUT2D eigenvalue weighted by Crippen LogP contribution is 2.23. The SMILES string of the molecule is CC(O)(CNC(=O)c1cccc(N2CCCC2=O)c1)c1ccco1. The summed E-state index contributed by atoms with van der Waals surface area (Å²) in [6, 6.07) is 10.3. The number of hydrogen-bond acceptors (Lipinski definition) is 4. The Kier molecular flexibility index (Phi) is 4.40. The van der Waals surface area contributed by atoms with E-state index in [1.807, 2.05) is 6.07 Å². The summed E-state index contributed by atoms with van der Waals surface area (Å²) >= 11 is 0. The number of nitrogens with one attached hydrogen (secondary N) is 1. The second-order valence-corrected chi connectivity index (χ2v) is 6.13. The van der Waals surface area contributed by atoms with Crippen LogP contribution in [0.4, 0.5) is 5.69 Å². The van der Waals surface area contributed by atoms with E-state index in [0.29, 0.717) is 24.3 Å². The van der Waals surface area contributed by atoms with Crippen molar-refractivity contribution in [2.75, 3.05) is 18.0 Å². The van der Waals surface area contributed by atoms with Crippen LogP contribution >= 0.6 is 0 Å². The molecule has 0 saturated carbocycles. The van der Waals surface area contributed by atoms with Gasteiger partial charge in [-0.1, -0.05) is 6.07 Å². The number of rotatable bonds is 5. The topological polar surface area (TPSA) is 82.8 Å². The molecule has 2 aromatic rings. The molecule has 3 rings (SSSR count). The Morgan fingerprint density at radius 1 is 1.38 bits per heavy atom. The van der Waals surface area contributed by atoms with Gasteiger partial charge < -0.3 is 19.7 Å². The lowest BCUT2D eigenvalue weighted by atomic mass is 10.0. The number of hydrogen-bond donors (Lipinski definition) is 2. The predicted molar refractivity (Wildman–Crippen MR) is 88.6 cm³/mol. The number of aliphatic hydroxyl groups is 1. The van der Waals surface area contributed by atoms with Crippen molar-refractivity contribution in [3.8, 4) is 0 Å². The Hall–Kier alpha value is -2.60. The Bertz CT molecular complexity index is 737. The van der Waals surface area contributed by atoms with Crippen molar-refractivity contribution in [2.45, 2.75) is 25.4 Å². The maximum absolute atomic E-state index is 12.4. The highest BCUT2D eigenvalue weighted by Gasteiger charge is 2.27. The first-order valence-corrected chi connectivity index (χ1v) is 7.92. The summed E-state index contributed by atoms with van der Waals surface area (Å²) in [5.41, 5.74) is -0.118. The van der Waals surface area contributed by atoms with E-state index in [0.717, 1.165) is 12.1 Å². The third-order valence-corrected chi connectivity index (χ3v) is 4.14. The van der Waals surface area contributed by atoms with Crippen LogP contribution in [0.3, 0.4) is 0 Å². The summed E-state index contributed by atoms with van der Waals surface area (Å²) in [5, 5.41) is 13.1. The summed E-state index contributed by atoms with van der Waals surface area (Å²) in [6.45, 7) is 2.27. The van der Waals surface area contributed by atoms with Gasteiger partial charge in [-0.05, 0) is 43.7 Å². The van der Waals surface area contributed by atoms with Crippen molar-refractivity contribution in [2.24, 2.45) is 0 Å². The molecule has 1 saturated heterocycles. The molecule has 126 valence electrons. The van der Waals surface area contributed by atoms with Gasteiger partial charge in [0.25, 0.3) is 5.91 Å². The van der Waals surface area contributed by atoms with E-state index in [-0.39, 0.29) is 18.4 Å². The van der Waals surface area contributed by atoms with Crippen molar-refractivity contribution < 1.29 is 19.1 Å². The molecule has 1 aromatic heterocycles. The Labute approximate surface area is 140 Å². The number of benzene rings is 1. The van der Waals surface area contributed by atoms with Gasteiger partial charge in [-0.15, -0.1) is 0 Å². The molecule has 2 heterocycles. The van der Waals surface area contributed by atoms with Gasteiger partial charge in [0.05, 0.1) is 12.8 Å². The minimum atomic E-state index is -1.29. The van der Waals surface area contributed by atoms with Crippen molar-refractivity contribution in [1.29, 1.82) is 0 Å². The van der Waals surface area contributed by atoms with Crippen LogP contribution in [0.15, 0.2) is 47.1 Å². The molecular formula is C18H20N2O4. The predicted octanol–water partition coefficient (Wildman–Crippen LogP) is 2.04. The first kappa shape index (κ1) is 16.3. The van der Waals surface area contributed by atoms with Crippen LogP contribution in [-0.2, 0) is 10.4 Å². The van der Waals surface area contributed by atoms with E-state index < -0.39 is 5.60 Å². The van der Waals surface area contributed by atoms with Crippen LogP contribution < -0.4 is 10.2 Å². The van der Waals surface area contributed by atoms with Gasteiger partial charge in [0, 0.05) is 24.2 Å². The molecule has 0 spiro atoms. The molecule has 2 N–H and O–H groups in total. The van der Waals surface area contributed by atoms with Crippen LogP contribution in [0.25, 0.3) is 0 Å². The molecular weight excluding hydrogens is 308 g/mol. The average Bonchev–Trinajstić information content (AvgIpc) is 3.24. The van der Waals surface area contributed by atoms with E-state index in [1.165, 1.54) is 6.26 Å². The van der Waals surface area contributed by atoms with Crippen molar-refractivity contribution >= 4 is 17.5 Å². The fourth-order valence-corrected chi connectivity index (χ4v) is 2.76. The van der Waals surface area contributed by atoms with Gasteiger partial charge in [0.15, 0.2) is 0 Å². The zero-order valence-corrected chi connectivity index (χ0v) is 13.5. The lowest BCUT2D eigenvalue weighted by molar-refractivity contribution is -0.117. The van der Waals surface area contributed by atoms with E-state index >= 15 is 0 Å². The number of carbonyl (C=O) groups excluding carboxylic acids is 2. The fourth-order valence-electron chi connectivity index (χ4n) is 2.76. The molecule has 6 heteroatoms. The number of carbonyl (C=O) groups is 2. The van der Waals surface area contributed by atoms with Crippen LogP contribution in [0.1, 0.15) is 35.9 Å². The molecule has 0 aliphatic carbocycles. The van der Waals surface area contributed by atoms with Crippen LogP contribution in [-0.4, -0.2) is 30.0 Å². The molecule has 2 amide bonds. The highest BCUT2D eigenvalue weighted by atomic mass is 16.4. The molecule has 0 radical (unpaired) electrons. The van der Waals surface area contributed by atoms with Gasteiger partial charge in [0.1, 0.15) is 11.4 Å². The van der Waals surface area contributed by atoms with Gasteiger partial charge in [-0.2, -0.15) is 0 Å². The van der Waals surface area contributed by atoms with E-state index in [9.17, 15) is 14.7 Å². The van der Waals surface area contributed by atoms with Gasteiger partial charge in [0.2, 0.25) is 5.91 Å². The quantitative estimate of drug-likeness (QED) is 0.880. The fraction of sp³-hybridized carbons (Fsp3) is 0.333. The second-order valence-electron chi connectivity index (χ2n) is 6.13. The monoisotopic (exact) mass is 328 g/mol. The molecule has 1 fully saturated rings. The van der Waals surface area contributed by atoms with Gasteiger partial charge in [-0.3, -0.25) is 9.59 Å². The van der Waals surface area contributed by atoms with E-state index in [1.54, 1.807) is 42.2 Å². The zero-order chi connectivity index (χ0) is 17.2. The number of anilines is 1. The van der Waals surface area contributed by atoms with Gasteiger partial charge >= 0.3 is 0 Å². The summed E-state index contributed by atoms with van der Waals surface area (Å²) in [6.07, 6.45) is 2.85. The van der Waals surface area contributed by atoms with Crippen molar-refractivity contribution in [3.05, 3.63) is 54.0 Å². The van der Waals surface area contributed by atoms with Crippen LogP contribution in [0.5, 0.6) is 0 Å². The summed E-state index contributed by atoms with van der Waals surface area (Å²) in [4.78, 5) is 25.9. The molecule has 0 bridgehead atoms. The second kappa shape index (κ2) is 6.49. The lowest BCUT2D eigenvalue weighted by Crippen LogP contribution is -2.38. The third-order valence-electron chi connectivity index (χ3n) is 4.14. The van der Waals surface area contributed by atoms with E-state index in [4.69, 9.17) is 4.42 Å². The first-order chi connectivity index (χ1) is 11.5. The molecule has 1 aliphatic rings. The number of amides is 2. The maximum Gasteiger partial charge on any atom is 0.251 e. The van der Waals surface area contributed by atoms with Crippen LogP contribution in [0, 0.1) is 0 Å². The summed E-state index contributed by atoms with van der Waals surface area (Å²) < 4.78 is 5.19. The first-order valence-electron chi connectivity index (χ1n) is 7.92. The standard InChI is InChI=1S/C18H20N2O4/c1-18(23,15-7-4-10-24-15)12-19-17(22)13-5-2-6-14(11-13)20-9-3-8-16(20)21/h2,4-7,10-11,23H,3,8-9,12H2,1H3,(H,19,22). The molecule has 1 atom stereocenters. The normalized spacial score (nSPS) is 16.9. The Morgan fingerprint density at radius 2 is 2.21 bits per heavy atom. The molecule has 1 aromatic carbocycles. The molecule has 24 heavy (non-hydrogen) atoms. The minimum Gasteiger partial charge on any atom is -0.466 e. The Morgan fingerprint density at radius 3 is 2.88 bits per heavy atom. The smallest absolute Gasteiger partial charge is 0.251 e. The highest BCUT2D eigenvalue weighted by molar-refractivity contribution is 5.99. The largest absolute Gasteiger partial charge is 0.466 e. The molecule has 6 nitrogen and oxygen atoms in total. The molecule has 1 aliphatic heterocycles. The third kappa shape index (κ3) is 3.33. The lowest BCUT2D eigenvalue weighted by Gasteiger charge is -2.21. The number of furan rings is 1. The Balaban J connectivity index is 1.68. The zero-order valence-electron chi connectivity index (χ0n) is 13.5.